The summed E-state index contributed by atoms with van der Waals surface area (Å²) in [5.41, 5.74) is 3.78. The third-order valence-corrected chi connectivity index (χ3v) is 4.73. The summed E-state index contributed by atoms with van der Waals surface area (Å²) in [5, 5.41) is 5.53. The van der Waals surface area contributed by atoms with Crippen molar-refractivity contribution in [1.29, 1.82) is 0 Å². The van der Waals surface area contributed by atoms with Gasteiger partial charge in [-0.1, -0.05) is 42.6 Å². The van der Waals surface area contributed by atoms with Crippen LogP contribution in [0, 0.1) is 0 Å². The maximum Gasteiger partial charge on any atom is 0.336 e. The van der Waals surface area contributed by atoms with Gasteiger partial charge in [0, 0.05) is 23.1 Å². The molecule has 0 spiro atoms. The number of halogens is 2. The molecule has 1 N–H and O–H groups in total. The van der Waals surface area contributed by atoms with Crippen molar-refractivity contribution in [3.63, 3.8) is 0 Å². The summed E-state index contributed by atoms with van der Waals surface area (Å²) in [5.74, 6) is -0.0618. The van der Waals surface area contributed by atoms with Crippen molar-refractivity contribution in [1.82, 2.24) is 5.43 Å². The van der Waals surface area contributed by atoms with Crippen molar-refractivity contribution >= 4 is 46.3 Å². The van der Waals surface area contributed by atoms with Crippen LogP contribution < -0.4 is 15.8 Å². The number of benzene rings is 2. The number of ether oxygens (including phenoxy) is 1. The Hall–Kier alpha value is -2.83. The number of hydrogen-bond acceptors (Lipinski definition) is 5. The maximum absolute atomic E-state index is 11.9. The fraction of sp³-hybridized carbons (Fsp3) is 0.190. The molecule has 2 aromatic carbocycles. The van der Waals surface area contributed by atoms with Gasteiger partial charge < -0.3 is 9.15 Å². The highest BCUT2D eigenvalue weighted by Crippen LogP contribution is 2.24. The zero-order valence-electron chi connectivity index (χ0n) is 15.6. The average Bonchev–Trinajstić information content (AvgIpc) is 2.68. The third kappa shape index (κ3) is 5.37. The molecule has 0 saturated heterocycles. The van der Waals surface area contributed by atoms with E-state index in [1.807, 2.05) is 13.0 Å². The monoisotopic (exact) mass is 432 g/mol. The van der Waals surface area contributed by atoms with Gasteiger partial charge in [0.2, 0.25) is 0 Å². The molecule has 0 bridgehead atoms. The highest BCUT2D eigenvalue weighted by atomic mass is 35.5. The first-order valence-corrected chi connectivity index (χ1v) is 9.69. The van der Waals surface area contributed by atoms with Gasteiger partial charge in [-0.3, -0.25) is 4.79 Å². The molecule has 0 aliphatic carbocycles. The molecule has 1 heterocycles. The second-order valence-electron chi connectivity index (χ2n) is 6.22. The van der Waals surface area contributed by atoms with Crippen LogP contribution >= 0.6 is 23.2 Å². The van der Waals surface area contributed by atoms with Crippen molar-refractivity contribution in [2.45, 2.75) is 19.8 Å². The number of hydrazone groups is 1. The second-order valence-corrected chi connectivity index (χ2v) is 7.03. The molecule has 29 heavy (non-hydrogen) atoms. The minimum atomic E-state index is -0.467. The minimum absolute atomic E-state index is 0.266. The number of carbonyl (C=O) groups excluding carboxylic acids is 1. The first-order chi connectivity index (χ1) is 14.0. The van der Waals surface area contributed by atoms with Gasteiger partial charge in [0.15, 0.2) is 6.61 Å². The van der Waals surface area contributed by atoms with E-state index in [0.717, 1.165) is 23.8 Å². The molecule has 0 aliphatic heterocycles. The van der Waals surface area contributed by atoms with E-state index in [2.05, 4.69) is 10.5 Å². The van der Waals surface area contributed by atoms with Crippen LogP contribution in [0.25, 0.3) is 11.0 Å². The lowest BCUT2D eigenvalue weighted by Crippen LogP contribution is -2.24. The molecule has 8 heteroatoms. The van der Waals surface area contributed by atoms with E-state index in [1.165, 1.54) is 12.3 Å². The van der Waals surface area contributed by atoms with Crippen molar-refractivity contribution in [2.75, 3.05) is 6.61 Å². The van der Waals surface area contributed by atoms with E-state index < -0.39 is 11.5 Å². The minimum Gasteiger partial charge on any atom is -0.484 e. The lowest BCUT2D eigenvalue weighted by Gasteiger charge is -2.08. The Labute approximate surface area is 177 Å². The van der Waals surface area contributed by atoms with Crippen LogP contribution in [0.15, 0.2) is 56.8 Å². The molecule has 0 radical (unpaired) electrons. The van der Waals surface area contributed by atoms with Crippen molar-refractivity contribution in [3.05, 3.63) is 74.1 Å². The van der Waals surface area contributed by atoms with E-state index in [1.54, 1.807) is 30.3 Å². The van der Waals surface area contributed by atoms with Crippen LogP contribution in [0.3, 0.4) is 0 Å². The zero-order chi connectivity index (χ0) is 20.8. The van der Waals surface area contributed by atoms with Gasteiger partial charge in [0.05, 0.1) is 16.3 Å². The van der Waals surface area contributed by atoms with E-state index >= 15 is 0 Å². The molecule has 3 aromatic rings. The summed E-state index contributed by atoms with van der Waals surface area (Å²) in [6.45, 7) is 1.77. The molecule has 1 aromatic heterocycles. The maximum atomic E-state index is 11.9. The average molecular weight is 433 g/mol. The lowest BCUT2D eigenvalue weighted by molar-refractivity contribution is -0.123. The number of nitrogens with zero attached hydrogens (tertiary/aromatic N) is 1. The van der Waals surface area contributed by atoms with Gasteiger partial charge in [-0.25, -0.2) is 10.2 Å². The first-order valence-electron chi connectivity index (χ1n) is 8.93. The van der Waals surface area contributed by atoms with Crippen LogP contribution in [0.4, 0.5) is 0 Å². The Bertz CT molecular complexity index is 1110. The summed E-state index contributed by atoms with van der Waals surface area (Å²) in [6.07, 6.45) is 3.05. The molecule has 150 valence electrons. The van der Waals surface area contributed by atoms with Gasteiger partial charge in [0.1, 0.15) is 11.3 Å². The molecule has 0 atom stereocenters. The fourth-order valence-electron chi connectivity index (χ4n) is 2.76. The zero-order valence-corrected chi connectivity index (χ0v) is 17.1. The Morgan fingerprint density at radius 1 is 1.21 bits per heavy atom. The molecule has 0 saturated carbocycles. The van der Waals surface area contributed by atoms with Gasteiger partial charge in [-0.05, 0) is 36.2 Å². The van der Waals surface area contributed by atoms with Crippen molar-refractivity contribution < 1.29 is 13.9 Å². The molecule has 6 nitrogen and oxygen atoms in total. The SMILES string of the molecule is CCCc1cc(=O)oc2cc(OCC(=O)N/N=C\c3c(Cl)cccc3Cl)ccc12. The van der Waals surface area contributed by atoms with Crippen LogP contribution in [0.2, 0.25) is 10.0 Å². The number of fused-ring (bicyclic) bond motifs is 1. The van der Waals surface area contributed by atoms with E-state index in [-0.39, 0.29) is 6.61 Å². The molecule has 0 unspecified atom stereocenters. The molecule has 3 rings (SSSR count). The van der Waals surface area contributed by atoms with Crippen molar-refractivity contribution in [3.8, 4) is 5.75 Å². The number of nitrogens with one attached hydrogen (secondary N) is 1. The Kier molecular flexibility index (Phi) is 6.90. The van der Waals surface area contributed by atoms with Crippen LogP contribution in [-0.4, -0.2) is 18.7 Å². The number of amides is 1. The number of carbonyl (C=O) groups is 1. The summed E-state index contributed by atoms with van der Waals surface area (Å²) < 4.78 is 10.7. The fourth-order valence-corrected chi connectivity index (χ4v) is 3.26. The Balaban J connectivity index is 1.63. The van der Waals surface area contributed by atoms with Crippen molar-refractivity contribution in [2.24, 2.45) is 5.10 Å². The largest absolute Gasteiger partial charge is 0.484 e. The Morgan fingerprint density at radius 2 is 1.97 bits per heavy atom. The normalized spacial score (nSPS) is 11.1. The topological polar surface area (TPSA) is 80.9 Å². The Morgan fingerprint density at radius 3 is 2.69 bits per heavy atom. The predicted molar refractivity (Wildman–Crippen MR) is 114 cm³/mol. The molecule has 0 aliphatic rings. The lowest BCUT2D eigenvalue weighted by atomic mass is 10.1. The summed E-state index contributed by atoms with van der Waals surface area (Å²) >= 11 is 12.1. The molecule has 0 fully saturated rings. The van der Waals surface area contributed by atoms with Gasteiger partial charge in [0.25, 0.3) is 5.91 Å². The summed E-state index contributed by atoms with van der Waals surface area (Å²) in [7, 11) is 0. The quantitative estimate of drug-likeness (QED) is 0.336. The summed E-state index contributed by atoms with van der Waals surface area (Å²) in [4.78, 5) is 23.7. The molecule has 1 amide bonds. The van der Waals surface area contributed by atoms with Crippen LogP contribution in [0.1, 0.15) is 24.5 Å². The first kappa shape index (κ1) is 20.9. The van der Waals surface area contributed by atoms with E-state index in [9.17, 15) is 9.59 Å². The van der Waals surface area contributed by atoms with E-state index in [4.69, 9.17) is 32.4 Å². The summed E-state index contributed by atoms with van der Waals surface area (Å²) in [6, 6.07) is 11.7. The highest BCUT2D eigenvalue weighted by molar-refractivity contribution is 6.38. The molecular weight excluding hydrogens is 415 g/mol. The van der Waals surface area contributed by atoms with Gasteiger partial charge in [-0.2, -0.15) is 5.10 Å². The highest BCUT2D eigenvalue weighted by Gasteiger charge is 2.08. The smallest absolute Gasteiger partial charge is 0.336 e. The number of rotatable bonds is 7. The number of hydrogen-bond donors (Lipinski definition) is 1. The van der Waals surface area contributed by atoms with Gasteiger partial charge >= 0.3 is 5.63 Å². The standard InChI is InChI=1S/C21H18Cl2N2O4/c1-2-4-13-9-21(27)29-19-10-14(7-8-15(13)19)28-12-20(26)25-24-11-16-17(22)5-3-6-18(16)23/h3,5-11H,2,4,12H2,1H3,(H,25,26)/b24-11-. The third-order valence-electron chi connectivity index (χ3n) is 4.07. The van der Waals surface area contributed by atoms with Crippen LogP contribution in [0.5, 0.6) is 5.75 Å². The van der Waals surface area contributed by atoms with Gasteiger partial charge in [-0.15, -0.1) is 0 Å². The predicted octanol–water partition coefficient (Wildman–Crippen LogP) is 4.58. The van der Waals surface area contributed by atoms with E-state index in [0.29, 0.717) is 26.9 Å². The second kappa shape index (κ2) is 9.58. The number of aryl methyl sites for hydroxylation is 1. The molecular formula is C21H18Cl2N2O4. The van der Waals surface area contributed by atoms with Crippen LogP contribution in [-0.2, 0) is 11.2 Å².